The van der Waals surface area contributed by atoms with Gasteiger partial charge in [0.1, 0.15) is 17.8 Å². The summed E-state index contributed by atoms with van der Waals surface area (Å²) in [4.78, 5) is 48.9. The molecule has 1 aliphatic heterocycles. The first-order valence-electron chi connectivity index (χ1n) is 11.1. The van der Waals surface area contributed by atoms with Crippen LogP contribution in [0, 0.1) is 16.0 Å². The summed E-state index contributed by atoms with van der Waals surface area (Å²) in [6, 6.07) is 2.94. The van der Waals surface area contributed by atoms with E-state index in [-0.39, 0.29) is 29.6 Å². The number of anilines is 1. The Kier molecular flexibility index (Phi) is 7.44. The fraction of sp³-hybridized carbons (Fsp3) is 0.571. The van der Waals surface area contributed by atoms with Gasteiger partial charge in [-0.3, -0.25) is 24.6 Å². The first-order valence-corrected chi connectivity index (χ1v) is 13.0. The van der Waals surface area contributed by atoms with Crippen LogP contribution in [-0.4, -0.2) is 67.5 Å². The molecule has 0 radical (unpaired) electrons. The quantitative estimate of drug-likeness (QED) is 0.200. The van der Waals surface area contributed by atoms with Crippen molar-refractivity contribution in [3.05, 3.63) is 28.3 Å². The van der Waals surface area contributed by atoms with Crippen LogP contribution in [0.25, 0.3) is 0 Å². The van der Waals surface area contributed by atoms with E-state index in [1.165, 1.54) is 12.1 Å². The van der Waals surface area contributed by atoms with E-state index in [1.54, 1.807) is 0 Å². The number of benzene rings is 1. The number of hydrogen-bond donors (Lipinski definition) is 3. The molecule has 1 heterocycles. The van der Waals surface area contributed by atoms with Gasteiger partial charge in [-0.2, -0.15) is 0 Å². The van der Waals surface area contributed by atoms with Crippen LogP contribution in [0.2, 0.25) is 0 Å². The maximum absolute atomic E-state index is 12.9. The van der Waals surface area contributed by atoms with E-state index >= 15 is 0 Å². The zero-order valence-corrected chi connectivity index (χ0v) is 19.9. The highest BCUT2D eigenvalue weighted by molar-refractivity contribution is 7.90. The molecule has 3 rings (SSSR count). The Labute approximate surface area is 197 Å². The van der Waals surface area contributed by atoms with Gasteiger partial charge in [0.2, 0.25) is 5.91 Å². The topological polar surface area (TPSA) is 168 Å². The molecule has 3 N–H and O–H groups in total. The Morgan fingerprint density at radius 3 is 2.53 bits per heavy atom. The van der Waals surface area contributed by atoms with E-state index < -0.39 is 44.5 Å². The Balaban J connectivity index is 1.51. The minimum absolute atomic E-state index is 0.0663. The molecule has 12 nitrogen and oxygen atoms in total. The van der Waals surface area contributed by atoms with E-state index in [0.29, 0.717) is 18.8 Å². The predicted molar refractivity (Wildman–Crippen MR) is 123 cm³/mol. The summed E-state index contributed by atoms with van der Waals surface area (Å²) >= 11 is 0. The fourth-order valence-electron chi connectivity index (χ4n) is 4.38. The summed E-state index contributed by atoms with van der Waals surface area (Å²) in [7, 11) is -3.60. The minimum atomic E-state index is -3.60. The minimum Gasteiger partial charge on any atom is -0.378 e. The van der Waals surface area contributed by atoms with Crippen molar-refractivity contribution >= 4 is 39.1 Å². The van der Waals surface area contributed by atoms with Gasteiger partial charge in [-0.1, -0.05) is 13.3 Å². The molecule has 4 amide bonds. The smallest absolute Gasteiger partial charge is 0.325 e. The van der Waals surface area contributed by atoms with E-state index in [1.807, 2.05) is 0 Å². The van der Waals surface area contributed by atoms with Gasteiger partial charge in [0.25, 0.3) is 11.6 Å². The zero-order valence-electron chi connectivity index (χ0n) is 19.1. The number of urea groups is 1. The molecule has 34 heavy (non-hydrogen) atoms. The van der Waals surface area contributed by atoms with E-state index in [4.69, 9.17) is 0 Å². The molecule has 2 aliphatic rings. The van der Waals surface area contributed by atoms with Crippen LogP contribution >= 0.6 is 0 Å². The molecule has 0 atom stereocenters. The number of nitrogens with zero attached hydrogens (tertiary/aromatic N) is 2. The molecule has 2 fully saturated rings. The highest BCUT2D eigenvalue weighted by atomic mass is 32.2. The summed E-state index contributed by atoms with van der Waals surface area (Å²) in [6.07, 6.45) is 4.82. The van der Waals surface area contributed by atoms with Crippen LogP contribution in [0.1, 0.15) is 39.0 Å². The number of amides is 4. The number of nitrogens with one attached hydrogen (secondary N) is 3. The SMILES string of the molecule is CCC1CCC2(CC1)NC(=O)N(CC(=O)NCCNc1ccc(S(C)(=O)=O)cc1[N+](=O)[O-])C2=O. The van der Waals surface area contributed by atoms with E-state index in [2.05, 4.69) is 22.9 Å². The molecule has 13 heteroatoms. The molecule has 1 aromatic carbocycles. The molecule has 186 valence electrons. The first kappa shape index (κ1) is 25.4. The Bertz CT molecular complexity index is 1100. The number of imide groups is 1. The summed E-state index contributed by atoms with van der Waals surface area (Å²) < 4.78 is 23.2. The number of hydrogen-bond acceptors (Lipinski definition) is 8. The van der Waals surface area contributed by atoms with Crippen molar-refractivity contribution in [3.8, 4) is 0 Å². The van der Waals surface area contributed by atoms with Crippen molar-refractivity contribution in [3.63, 3.8) is 0 Å². The van der Waals surface area contributed by atoms with E-state index in [0.717, 1.165) is 36.5 Å². The molecule has 1 aromatic rings. The van der Waals surface area contributed by atoms with Crippen LogP contribution in [0.4, 0.5) is 16.2 Å². The van der Waals surface area contributed by atoms with Crippen LogP contribution in [0.3, 0.4) is 0 Å². The average Bonchev–Trinajstić information content (AvgIpc) is 3.00. The molecular formula is C21H29N5O7S. The third-order valence-corrected chi connectivity index (χ3v) is 7.55. The van der Waals surface area contributed by atoms with Gasteiger partial charge < -0.3 is 16.0 Å². The maximum atomic E-state index is 12.9. The zero-order chi connectivity index (χ0) is 25.1. The number of sulfone groups is 1. The molecule has 1 saturated carbocycles. The largest absolute Gasteiger partial charge is 0.378 e. The number of nitro benzene ring substituents is 1. The Hall–Kier alpha value is -3.22. The highest BCUT2D eigenvalue weighted by Gasteiger charge is 2.52. The van der Waals surface area contributed by atoms with Gasteiger partial charge in [-0.15, -0.1) is 0 Å². The summed E-state index contributed by atoms with van der Waals surface area (Å²) in [5.41, 5.74) is -1.22. The van der Waals surface area contributed by atoms with Crippen LogP contribution in [0.15, 0.2) is 23.1 Å². The van der Waals surface area contributed by atoms with Crippen LogP contribution < -0.4 is 16.0 Å². The molecule has 1 spiro atoms. The van der Waals surface area contributed by atoms with Crippen molar-refractivity contribution in [2.24, 2.45) is 5.92 Å². The lowest BCUT2D eigenvalue weighted by atomic mass is 9.75. The number of nitro groups is 1. The van der Waals surface area contributed by atoms with Gasteiger partial charge in [-0.05, 0) is 43.7 Å². The molecule has 1 saturated heterocycles. The second kappa shape index (κ2) is 9.95. The van der Waals surface area contributed by atoms with Crippen molar-refractivity contribution in [2.75, 3.05) is 31.2 Å². The summed E-state index contributed by atoms with van der Waals surface area (Å²) in [5.74, 6) is -0.369. The second-order valence-electron chi connectivity index (χ2n) is 8.74. The number of rotatable bonds is 9. The third-order valence-electron chi connectivity index (χ3n) is 6.44. The van der Waals surface area contributed by atoms with Gasteiger partial charge in [0, 0.05) is 25.4 Å². The Morgan fingerprint density at radius 1 is 1.26 bits per heavy atom. The number of carbonyl (C=O) groups excluding carboxylic acids is 3. The highest BCUT2D eigenvalue weighted by Crippen LogP contribution is 2.37. The monoisotopic (exact) mass is 495 g/mol. The van der Waals surface area contributed by atoms with Crippen LogP contribution in [0.5, 0.6) is 0 Å². The van der Waals surface area contributed by atoms with Gasteiger partial charge in [0.15, 0.2) is 9.84 Å². The molecule has 1 aliphatic carbocycles. The Morgan fingerprint density at radius 2 is 1.94 bits per heavy atom. The van der Waals surface area contributed by atoms with Crippen LogP contribution in [-0.2, 0) is 19.4 Å². The fourth-order valence-corrected chi connectivity index (χ4v) is 5.02. The maximum Gasteiger partial charge on any atom is 0.325 e. The normalized spacial score (nSPS) is 22.5. The molecule has 0 unspecified atom stereocenters. The lowest BCUT2D eigenvalue weighted by Gasteiger charge is -2.34. The van der Waals surface area contributed by atoms with Gasteiger partial charge in [-0.25, -0.2) is 13.2 Å². The van der Waals surface area contributed by atoms with Gasteiger partial charge in [0.05, 0.1) is 9.82 Å². The lowest BCUT2D eigenvalue weighted by Crippen LogP contribution is -2.50. The van der Waals surface area contributed by atoms with Crippen molar-refractivity contribution in [2.45, 2.75) is 49.5 Å². The third kappa shape index (κ3) is 5.46. The average molecular weight is 496 g/mol. The first-order chi connectivity index (χ1) is 16.0. The summed E-state index contributed by atoms with van der Waals surface area (Å²) in [5, 5.41) is 19.4. The van der Waals surface area contributed by atoms with Gasteiger partial charge >= 0.3 is 6.03 Å². The van der Waals surface area contributed by atoms with Crippen molar-refractivity contribution in [1.82, 2.24) is 15.5 Å². The number of carbonyl (C=O) groups is 3. The standard InChI is InChI=1S/C21H29N5O7S/c1-3-14-6-8-21(9-7-14)19(28)25(20(29)24-21)13-18(27)23-11-10-22-16-5-4-15(34(2,32)33)12-17(16)26(30)31/h4-5,12,14,22H,3,6-11,13H2,1-2H3,(H,23,27)(H,24,29). The second-order valence-corrected chi connectivity index (χ2v) is 10.8. The van der Waals surface area contributed by atoms with Crippen molar-refractivity contribution < 1.29 is 27.7 Å². The van der Waals surface area contributed by atoms with Crippen molar-refractivity contribution in [1.29, 1.82) is 0 Å². The molecule has 0 aromatic heterocycles. The summed E-state index contributed by atoms with van der Waals surface area (Å²) in [6.45, 7) is 1.86. The molecule has 0 bridgehead atoms. The lowest BCUT2D eigenvalue weighted by molar-refractivity contribution is -0.384. The molecular weight excluding hydrogens is 466 g/mol. The predicted octanol–water partition coefficient (Wildman–Crippen LogP) is 1.42. The van der Waals surface area contributed by atoms with E-state index in [9.17, 15) is 32.9 Å².